The molecule has 6 heteroatoms. The van der Waals surface area contributed by atoms with E-state index in [0.29, 0.717) is 6.54 Å². The minimum Gasteiger partial charge on any atom is -0.324 e. The van der Waals surface area contributed by atoms with Gasteiger partial charge in [0.05, 0.1) is 16.0 Å². The standard InChI is InChI=1S/C13H12Br2N2OS/c14-10-3-1-2-4-11(10)17-13(18)8-16-7-9-5-6-12(15)19-9/h1-6,16H,7-8H2,(H,17,18). The van der Waals surface area contributed by atoms with Gasteiger partial charge >= 0.3 is 0 Å². The number of anilines is 1. The molecule has 0 saturated carbocycles. The Labute approximate surface area is 132 Å². The molecule has 1 aromatic heterocycles. The summed E-state index contributed by atoms with van der Waals surface area (Å²) in [6.07, 6.45) is 0. The van der Waals surface area contributed by atoms with Gasteiger partial charge in [0.2, 0.25) is 5.91 Å². The van der Waals surface area contributed by atoms with Crippen molar-refractivity contribution >= 4 is 54.8 Å². The molecule has 0 unspecified atom stereocenters. The second-order valence-electron chi connectivity index (χ2n) is 3.84. The first-order valence-corrected chi connectivity index (χ1v) is 8.05. The fourth-order valence-electron chi connectivity index (χ4n) is 1.50. The van der Waals surface area contributed by atoms with Gasteiger partial charge in [-0.3, -0.25) is 4.79 Å². The average Bonchev–Trinajstić information content (AvgIpc) is 2.78. The normalized spacial score (nSPS) is 10.4. The topological polar surface area (TPSA) is 41.1 Å². The van der Waals surface area contributed by atoms with Crippen molar-refractivity contribution in [3.05, 3.63) is 49.5 Å². The van der Waals surface area contributed by atoms with E-state index in [1.165, 1.54) is 4.88 Å². The molecule has 1 heterocycles. The van der Waals surface area contributed by atoms with Gasteiger partial charge in [-0.2, -0.15) is 0 Å². The average molecular weight is 404 g/mol. The lowest BCUT2D eigenvalue weighted by molar-refractivity contribution is -0.115. The van der Waals surface area contributed by atoms with Crippen LogP contribution >= 0.6 is 43.2 Å². The fourth-order valence-corrected chi connectivity index (χ4v) is 3.34. The molecule has 2 aromatic rings. The van der Waals surface area contributed by atoms with Crippen molar-refractivity contribution in [2.75, 3.05) is 11.9 Å². The van der Waals surface area contributed by atoms with Crippen molar-refractivity contribution in [1.82, 2.24) is 5.32 Å². The van der Waals surface area contributed by atoms with E-state index in [4.69, 9.17) is 0 Å². The highest BCUT2D eigenvalue weighted by atomic mass is 79.9. The Bertz CT molecular complexity index is 571. The molecule has 1 amide bonds. The predicted octanol–water partition coefficient (Wildman–Crippen LogP) is 4.00. The molecule has 1 aromatic carbocycles. The number of amides is 1. The van der Waals surface area contributed by atoms with Crippen molar-refractivity contribution in [1.29, 1.82) is 0 Å². The minimum atomic E-state index is -0.0532. The molecule has 0 aliphatic heterocycles. The van der Waals surface area contributed by atoms with Crippen LogP contribution in [0.25, 0.3) is 0 Å². The van der Waals surface area contributed by atoms with Crippen molar-refractivity contribution < 1.29 is 4.79 Å². The zero-order chi connectivity index (χ0) is 13.7. The van der Waals surface area contributed by atoms with E-state index >= 15 is 0 Å². The number of hydrogen-bond donors (Lipinski definition) is 2. The van der Waals surface area contributed by atoms with Gasteiger partial charge < -0.3 is 10.6 Å². The number of thiophene rings is 1. The third-order valence-corrected chi connectivity index (χ3v) is 4.68. The van der Waals surface area contributed by atoms with Crippen molar-refractivity contribution in [2.45, 2.75) is 6.54 Å². The Morgan fingerprint density at radius 1 is 1.16 bits per heavy atom. The van der Waals surface area contributed by atoms with Gasteiger partial charge in [-0.15, -0.1) is 11.3 Å². The van der Waals surface area contributed by atoms with Gasteiger partial charge in [0, 0.05) is 15.9 Å². The zero-order valence-corrected chi connectivity index (χ0v) is 13.9. The van der Waals surface area contributed by atoms with Crippen LogP contribution in [0.15, 0.2) is 44.7 Å². The van der Waals surface area contributed by atoms with E-state index in [2.05, 4.69) is 42.5 Å². The maximum absolute atomic E-state index is 11.8. The molecule has 100 valence electrons. The lowest BCUT2D eigenvalue weighted by Crippen LogP contribution is -2.27. The number of nitrogens with one attached hydrogen (secondary N) is 2. The van der Waals surface area contributed by atoms with Crippen LogP contribution in [0.1, 0.15) is 4.88 Å². The van der Waals surface area contributed by atoms with E-state index in [1.807, 2.05) is 36.4 Å². The van der Waals surface area contributed by atoms with Gasteiger partial charge in [0.25, 0.3) is 0 Å². The summed E-state index contributed by atoms with van der Waals surface area (Å²) in [4.78, 5) is 13.0. The first-order valence-electron chi connectivity index (χ1n) is 5.64. The zero-order valence-electron chi connectivity index (χ0n) is 9.95. The molecule has 2 N–H and O–H groups in total. The Kier molecular flexibility index (Phi) is 5.57. The molecule has 0 radical (unpaired) electrons. The lowest BCUT2D eigenvalue weighted by atomic mass is 10.3. The summed E-state index contributed by atoms with van der Waals surface area (Å²) >= 11 is 8.47. The summed E-state index contributed by atoms with van der Waals surface area (Å²) in [5, 5.41) is 5.96. The number of halogens is 2. The van der Waals surface area contributed by atoms with E-state index in [-0.39, 0.29) is 12.5 Å². The van der Waals surface area contributed by atoms with Crippen LogP contribution in [-0.2, 0) is 11.3 Å². The summed E-state index contributed by atoms with van der Waals surface area (Å²) in [5.74, 6) is -0.0532. The second-order valence-corrected chi connectivity index (χ2v) is 7.24. The van der Waals surface area contributed by atoms with E-state index < -0.39 is 0 Å². The van der Waals surface area contributed by atoms with Gasteiger partial charge in [-0.05, 0) is 56.1 Å². The quantitative estimate of drug-likeness (QED) is 0.791. The van der Waals surface area contributed by atoms with Crippen molar-refractivity contribution in [3.63, 3.8) is 0 Å². The highest BCUT2D eigenvalue weighted by Crippen LogP contribution is 2.22. The van der Waals surface area contributed by atoms with Crippen molar-refractivity contribution in [2.24, 2.45) is 0 Å². The van der Waals surface area contributed by atoms with Crippen LogP contribution in [0.3, 0.4) is 0 Å². The highest BCUT2D eigenvalue weighted by Gasteiger charge is 2.05. The number of carbonyl (C=O) groups is 1. The third-order valence-electron chi connectivity index (χ3n) is 2.36. The Hall–Kier alpha value is -0.690. The van der Waals surface area contributed by atoms with Crippen LogP contribution in [0.5, 0.6) is 0 Å². The summed E-state index contributed by atoms with van der Waals surface area (Å²) < 4.78 is 1.98. The number of para-hydroxylation sites is 1. The number of carbonyl (C=O) groups excluding carboxylic acids is 1. The Morgan fingerprint density at radius 3 is 2.63 bits per heavy atom. The number of rotatable bonds is 5. The third kappa shape index (κ3) is 4.72. The number of hydrogen-bond acceptors (Lipinski definition) is 3. The van der Waals surface area contributed by atoms with Gasteiger partial charge in [-0.25, -0.2) is 0 Å². The first kappa shape index (κ1) is 14.7. The maximum atomic E-state index is 11.8. The van der Waals surface area contributed by atoms with E-state index in [1.54, 1.807) is 11.3 Å². The van der Waals surface area contributed by atoms with Crippen LogP contribution in [0.4, 0.5) is 5.69 Å². The minimum absolute atomic E-state index is 0.0532. The molecule has 0 spiro atoms. The molecule has 3 nitrogen and oxygen atoms in total. The number of benzene rings is 1. The first-order chi connectivity index (χ1) is 9.15. The summed E-state index contributed by atoms with van der Waals surface area (Å²) in [6, 6.07) is 11.6. The predicted molar refractivity (Wildman–Crippen MR) is 86.5 cm³/mol. The Balaban J connectivity index is 1.77. The molecular formula is C13H12Br2N2OS. The van der Waals surface area contributed by atoms with Gasteiger partial charge in [0.15, 0.2) is 0 Å². The van der Waals surface area contributed by atoms with Gasteiger partial charge in [-0.1, -0.05) is 12.1 Å². The smallest absolute Gasteiger partial charge is 0.238 e. The highest BCUT2D eigenvalue weighted by molar-refractivity contribution is 9.11. The summed E-state index contributed by atoms with van der Waals surface area (Å²) in [6.45, 7) is 0.983. The molecule has 0 saturated heterocycles. The van der Waals surface area contributed by atoms with E-state index in [0.717, 1.165) is 13.9 Å². The molecule has 19 heavy (non-hydrogen) atoms. The molecule has 2 rings (SSSR count). The van der Waals surface area contributed by atoms with Gasteiger partial charge in [0.1, 0.15) is 0 Å². The van der Waals surface area contributed by atoms with Crippen LogP contribution in [0, 0.1) is 0 Å². The molecule has 0 atom stereocenters. The SMILES string of the molecule is O=C(CNCc1ccc(Br)s1)Nc1ccccc1Br. The Morgan fingerprint density at radius 2 is 1.95 bits per heavy atom. The summed E-state index contributed by atoms with van der Waals surface area (Å²) in [7, 11) is 0. The van der Waals surface area contributed by atoms with Crippen LogP contribution < -0.4 is 10.6 Å². The molecule has 0 bridgehead atoms. The van der Waals surface area contributed by atoms with Crippen LogP contribution in [0.2, 0.25) is 0 Å². The van der Waals surface area contributed by atoms with Crippen molar-refractivity contribution in [3.8, 4) is 0 Å². The van der Waals surface area contributed by atoms with E-state index in [9.17, 15) is 4.79 Å². The molecule has 0 aliphatic rings. The summed E-state index contributed by atoms with van der Waals surface area (Å²) in [5.41, 5.74) is 0.785. The maximum Gasteiger partial charge on any atom is 0.238 e. The molecular weight excluding hydrogens is 392 g/mol. The van der Waals surface area contributed by atoms with Crippen LogP contribution in [-0.4, -0.2) is 12.5 Å². The molecule has 0 fully saturated rings. The second kappa shape index (κ2) is 7.19. The largest absolute Gasteiger partial charge is 0.324 e. The molecule has 0 aliphatic carbocycles. The lowest BCUT2D eigenvalue weighted by Gasteiger charge is -2.07. The fraction of sp³-hybridized carbons (Fsp3) is 0.154. The monoisotopic (exact) mass is 402 g/mol.